The first kappa shape index (κ1) is 20.3. The summed E-state index contributed by atoms with van der Waals surface area (Å²) in [5.41, 5.74) is 0.739. The molecule has 0 radical (unpaired) electrons. The van der Waals surface area contributed by atoms with Crippen LogP contribution in [0.5, 0.6) is 0 Å². The Labute approximate surface area is 143 Å². The van der Waals surface area contributed by atoms with E-state index in [9.17, 15) is 13.2 Å². The Hall–Kier alpha value is -1.74. The van der Waals surface area contributed by atoms with Crippen LogP contribution in [0.2, 0.25) is 0 Å². The van der Waals surface area contributed by atoms with Gasteiger partial charge in [-0.2, -0.15) is 0 Å². The Balaban J connectivity index is 2.34. The maximum Gasteiger partial charge on any atom is 0.244 e. The number of carbonyl (C=O) groups excluding carboxylic acids is 1. The number of carbonyl (C=O) groups is 1. The third kappa shape index (κ3) is 7.69. The van der Waals surface area contributed by atoms with Gasteiger partial charge in [-0.05, 0) is 37.2 Å². The van der Waals surface area contributed by atoms with Crippen LogP contribution in [0.25, 0.3) is 6.08 Å². The second kappa shape index (κ2) is 10.9. The number of hydrogen-bond acceptors (Lipinski definition) is 5. The van der Waals surface area contributed by atoms with Gasteiger partial charge in [0.1, 0.15) is 0 Å². The van der Waals surface area contributed by atoms with Crippen LogP contribution in [0.3, 0.4) is 0 Å². The first-order valence-corrected chi connectivity index (χ1v) is 9.04. The lowest BCUT2D eigenvalue weighted by atomic mass is 10.2. The van der Waals surface area contributed by atoms with Crippen molar-refractivity contribution < 1.29 is 22.7 Å². The number of hydrogen-bond donors (Lipinski definition) is 2. The van der Waals surface area contributed by atoms with Crippen molar-refractivity contribution in [3.63, 3.8) is 0 Å². The van der Waals surface area contributed by atoms with Gasteiger partial charge in [-0.25, -0.2) is 13.1 Å². The molecule has 0 aliphatic heterocycles. The van der Waals surface area contributed by atoms with E-state index in [2.05, 4.69) is 10.0 Å². The molecular formula is C16H24N2O5S. The second-order valence-electron chi connectivity index (χ2n) is 4.86. The van der Waals surface area contributed by atoms with Crippen molar-refractivity contribution in [1.82, 2.24) is 10.0 Å². The van der Waals surface area contributed by atoms with Crippen molar-refractivity contribution in [2.45, 2.75) is 11.3 Å². The molecule has 0 atom stereocenters. The monoisotopic (exact) mass is 356 g/mol. The van der Waals surface area contributed by atoms with Crippen LogP contribution in [0.15, 0.2) is 35.2 Å². The van der Waals surface area contributed by atoms with Crippen LogP contribution >= 0.6 is 0 Å². The number of ether oxygens (including phenoxy) is 2. The van der Waals surface area contributed by atoms with Crippen molar-refractivity contribution >= 4 is 22.0 Å². The maximum absolute atomic E-state index is 11.7. The highest BCUT2D eigenvalue weighted by Gasteiger charge is 2.09. The van der Waals surface area contributed by atoms with Crippen molar-refractivity contribution in [3.8, 4) is 0 Å². The molecule has 0 saturated carbocycles. The molecule has 24 heavy (non-hydrogen) atoms. The summed E-state index contributed by atoms with van der Waals surface area (Å²) in [6, 6.07) is 6.25. The van der Waals surface area contributed by atoms with Gasteiger partial charge in [0.2, 0.25) is 15.9 Å². The number of benzene rings is 1. The zero-order valence-corrected chi connectivity index (χ0v) is 14.8. The Bertz CT molecular complexity index is 626. The normalized spacial score (nSPS) is 11.8. The third-order valence-corrected chi connectivity index (χ3v) is 4.51. The van der Waals surface area contributed by atoms with E-state index in [1.165, 1.54) is 25.3 Å². The first-order chi connectivity index (χ1) is 11.5. The average Bonchev–Trinajstić information content (AvgIpc) is 2.59. The molecule has 0 aromatic heterocycles. The largest absolute Gasteiger partial charge is 0.382 e. The Morgan fingerprint density at radius 3 is 2.50 bits per heavy atom. The van der Waals surface area contributed by atoms with Gasteiger partial charge in [0.15, 0.2) is 0 Å². The van der Waals surface area contributed by atoms with Gasteiger partial charge in [0.25, 0.3) is 0 Å². The van der Waals surface area contributed by atoms with Gasteiger partial charge < -0.3 is 14.8 Å². The number of sulfonamides is 1. The highest BCUT2D eigenvalue weighted by atomic mass is 32.2. The lowest BCUT2D eigenvalue weighted by molar-refractivity contribution is -0.116. The fourth-order valence-electron chi connectivity index (χ4n) is 1.74. The Morgan fingerprint density at radius 2 is 1.88 bits per heavy atom. The zero-order chi connectivity index (χ0) is 17.8. The summed E-state index contributed by atoms with van der Waals surface area (Å²) in [6.45, 7) is 2.19. The fraction of sp³-hybridized carbons (Fsp3) is 0.438. The molecule has 0 unspecified atom stereocenters. The van der Waals surface area contributed by atoms with Crippen molar-refractivity contribution in [3.05, 3.63) is 35.9 Å². The summed E-state index contributed by atoms with van der Waals surface area (Å²) in [5, 5.41) is 2.75. The summed E-state index contributed by atoms with van der Waals surface area (Å²) in [7, 11) is -0.471. The van der Waals surface area contributed by atoms with E-state index < -0.39 is 10.0 Å². The molecule has 7 nitrogen and oxygen atoms in total. The van der Waals surface area contributed by atoms with E-state index in [-0.39, 0.29) is 10.8 Å². The van der Waals surface area contributed by atoms with E-state index >= 15 is 0 Å². The van der Waals surface area contributed by atoms with Crippen LogP contribution in [0.1, 0.15) is 12.0 Å². The second-order valence-corrected chi connectivity index (χ2v) is 6.75. The first-order valence-electron chi connectivity index (χ1n) is 7.56. The van der Waals surface area contributed by atoms with Gasteiger partial charge in [0.05, 0.1) is 18.1 Å². The van der Waals surface area contributed by atoms with Crippen LogP contribution in [-0.2, 0) is 24.3 Å². The predicted octanol–water partition coefficient (Wildman–Crippen LogP) is 0.777. The maximum atomic E-state index is 11.7. The molecule has 0 aliphatic carbocycles. The summed E-state index contributed by atoms with van der Waals surface area (Å²) < 4.78 is 35.6. The molecule has 0 bridgehead atoms. The van der Waals surface area contributed by atoms with Crippen LogP contribution < -0.4 is 10.0 Å². The van der Waals surface area contributed by atoms with E-state index in [4.69, 9.17) is 9.47 Å². The molecule has 2 N–H and O–H groups in total. The number of nitrogens with one attached hydrogen (secondary N) is 2. The molecule has 0 saturated heterocycles. The highest BCUT2D eigenvalue weighted by molar-refractivity contribution is 7.89. The Kier molecular flexibility index (Phi) is 9.24. The van der Waals surface area contributed by atoms with E-state index in [1.807, 2.05) is 0 Å². The van der Waals surface area contributed by atoms with Gasteiger partial charge in [-0.15, -0.1) is 0 Å². The minimum Gasteiger partial charge on any atom is -0.382 e. The predicted molar refractivity (Wildman–Crippen MR) is 92.0 cm³/mol. The van der Waals surface area contributed by atoms with Crippen molar-refractivity contribution in [1.29, 1.82) is 0 Å². The minimum absolute atomic E-state index is 0.181. The molecule has 1 aromatic rings. The van der Waals surface area contributed by atoms with E-state index in [1.54, 1.807) is 25.3 Å². The molecule has 1 rings (SSSR count). The molecule has 134 valence electrons. The minimum atomic E-state index is -3.44. The van der Waals surface area contributed by atoms with E-state index in [0.717, 1.165) is 12.0 Å². The van der Waals surface area contributed by atoms with Crippen molar-refractivity contribution in [2.24, 2.45) is 0 Å². The molecule has 1 amide bonds. The standard InChI is InChI=1S/C16H24N2O5S/c1-17-24(20,21)15-7-4-14(5-8-15)6-9-16(19)18-10-3-11-23-13-12-22-2/h4-9,17H,3,10-13H2,1-2H3,(H,18,19)/b9-6+. The zero-order valence-electron chi connectivity index (χ0n) is 13.9. The van der Waals surface area contributed by atoms with Gasteiger partial charge in [-0.1, -0.05) is 12.1 Å². The number of amides is 1. The molecule has 0 fully saturated rings. The summed E-state index contributed by atoms with van der Waals surface area (Å²) in [5.74, 6) is -0.209. The quantitative estimate of drug-likeness (QED) is 0.451. The van der Waals surface area contributed by atoms with E-state index in [0.29, 0.717) is 26.4 Å². The van der Waals surface area contributed by atoms with Crippen LogP contribution in [0.4, 0.5) is 0 Å². The van der Waals surface area contributed by atoms with Crippen LogP contribution in [-0.4, -0.2) is 54.8 Å². The van der Waals surface area contributed by atoms with Crippen molar-refractivity contribution in [2.75, 3.05) is 40.5 Å². The lowest BCUT2D eigenvalue weighted by Crippen LogP contribution is -2.23. The molecule has 0 heterocycles. The average molecular weight is 356 g/mol. The van der Waals surface area contributed by atoms with Gasteiger partial charge in [0, 0.05) is 26.3 Å². The highest BCUT2D eigenvalue weighted by Crippen LogP contribution is 2.11. The molecule has 1 aromatic carbocycles. The van der Waals surface area contributed by atoms with Crippen LogP contribution in [0, 0.1) is 0 Å². The van der Waals surface area contributed by atoms with Gasteiger partial charge in [-0.3, -0.25) is 4.79 Å². The SMILES string of the molecule is CNS(=O)(=O)c1ccc(/C=C/C(=O)NCCCOCCOC)cc1. The summed E-state index contributed by atoms with van der Waals surface area (Å²) >= 11 is 0. The smallest absolute Gasteiger partial charge is 0.244 e. The number of rotatable bonds is 11. The molecule has 8 heteroatoms. The summed E-state index contributed by atoms with van der Waals surface area (Å²) in [4.78, 5) is 11.8. The molecule has 0 spiro atoms. The molecular weight excluding hydrogens is 332 g/mol. The third-order valence-electron chi connectivity index (χ3n) is 3.08. The summed E-state index contributed by atoms with van der Waals surface area (Å²) in [6.07, 6.45) is 3.76. The fourth-order valence-corrected chi connectivity index (χ4v) is 2.47. The topological polar surface area (TPSA) is 93.7 Å². The Morgan fingerprint density at radius 1 is 1.17 bits per heavy atom. The lowest BCUT2D eigenvalue weighted by Gasteiger charge is -2.04. The molecule has 0 aliphatic rings. The number of methoxy groups -OCH3 is 1. The van der Waals surface area contributed by atoms with Gasteiger partial charge >= 0.3 is 0 Å².